The molecule has 2 rings (SSSR count). The van der Waals surface area contributed by atoms with Crippen molar-refractivity contribution in [2.24, 2.45) is 0 Å². The average Bonchev–Trinajstić information content (AvgIpc) is 2.96. The number of hydrogen-bond acceptors (Lipinski definition) is 5. The molecule has 1 heterocycles. The summed E-state index contributed by atoms with van der Waals surface area (Å²) in [6.07, 6.45) is -0.509. The summed E-state index contributed by atoms with van der Waals surface area (Å²) >= 11 is 1.66. The van der Waals surface area contributed by atoms with E-state index in [4.69, 9.17) is 9.47 Å². The molecule has 124 valence electrons. The van der Waals surface area contributed by atoms with E-state index in [1.165, 1.54) is 5.56 Å². The van der Waals surface area contributed by atoms with Gasteiger partial charge in [-0.05, 0) is 61.4 Å². The van der Waals surface area contributed by atoms with Crippen molar-refractivity contribution in [3.63, 3.8) is 0 Å². The number of nitrogens with one attached hydrogen (secondary N) is 2. The van der Waals surface area contributed by atoms with Gasteiger partial charge in [0, 0.05) is 12.2 Å². The Morgan fingerprint density at radius 3 is 2.65 bits per heavy atom. The first-order valence-corrected chi connectivity index (χ1v) is 8.24. The minimum atomic E-state index is -0.549. The first-order chi connectivity index (χ1) is 10.9. The summed E-state index contributed by atoms with van der Waals surface area (Å²) in [7, 11) is 1.56. The zero-order valence-corrected chi connectivity index (χ0v) is 14.6. The number of carbonyl (C=O) groups excluding carboxylic acids is 1. The monoisotopic (exact) mass is 334 g/mol. The van der Waals surface area contributed by atoms with Crippen molar-refractivity contribution in [2.75, 3.05) is 17.7 Å². The third-order valence-electron chi connectivity index (χ3n) is 2.91. The molecule has 23 heavy (non-hydrogen) atoms. The fourth-order valence-corrected chi connectivity index (χ4v) is 2.60. The van der Waals surface area contributed by atoms with E-state index in [9.17, 15) is 4.79 Å². The molecule has 0 aliphatic rings. The number of ether oxygens (including phenoxy) is 2. The molecule has 0 aliphatic heterocycles. The van der Waals surface area contributed by atoms with Gasteiger partial charge in [0.05, 0.1) is 12.8 Å². The number of anilines is 2. The summed E-state index contributed by atoms with van der Waals surface area (Å²) < 4.78 is 10.6. The Morgan fingerprint density at radius 1 is 1.26 bits per heavy atom. The van der Waals surface area contributed by atoms with E-state index >= 15 is 0 Å². The molecule has 1 amide bonds. The summed E-state index contributed by atoms with van der Waals surface area (Å²) in [5.74, 6) is 0.581. The molecule has 2 N–H and O–H groups in total. The van der Waals surface area contributed by atoms with Crippen LogP contribution in [0.4, 0.5) is 16.2 Å². The smallest absolute Gasteiger partial charge is 0.412 e. The van der Waals surface area contributed by atoms with Gasteiger partial charge in [-0.1, -0.05) is 0 Å². The quantitative estimate of drug-likeness (QED) is 0.831. The van der Waals surface area contributed by atoms with Crippen LogP contribution in [0.5, 0.6) is 5.75 Å². The second kappa shape index (κ2) is 7.37. The minimum absolute atomic E-state index is 0.509. The molecule has 0 saturated heterocycles. The van der Waals surface area contributed by atoms with E-state index in [2.05, 4.69) is 22.1 Å². The van der Waals surface area contributed by atoms with Gasteiger partial charge in [0.15, 0.2) is 0 Å². The second-order valence-electron chi connectivity index (χ2n) is 6.03. The lowest BCUT2D eigenvalue weighted by Crippen LogP contribution is -2.27. The van der Waals surface area contributed by atoms with E-state index in [0.29, 0.717) is 11.4 Å². The summed E-state index contributed by atoms with van der Waals surface area (Å²) in [4.78, 5) is 11.9. The standard InChI is InChI=1S/C17H22N2O3S/c1-17(2,3)22-16(20)19-14-9-13(5-6-15(14)21-4)18-10-12-7-8-23-11-12/h5-9,11,18H,10H2,1-4H3,(H,19,20). The van der Waals surface area contributed by atoms with Gasteiger partial charge >= 0.3 is 6.09 Å². The number of rotatable bonds is 5. The normalized spacial score (nSPS) is 11.0. The summed E-state index contributed by atoms with van der Waals surface area (Å²) in [5, 5.41) is 10.2. The zero-order chi connectivity index (χ0) is 16.9. The van der Waals surface area contributed by atoms with Gasteiger partial charge < -0.3 is 14.8 Å². The van der Waals surface area contributed by atoms with Gasteiger partial charge in [0.25, 0.3) is 0 Å². The Labute approximate surface area is 140 Å². The molecule has 1 aromatic carbocycles. The van der Waals surface area contributed by atoms with Gasteiger partial charge in [0.1, 0.15) is 11.4 Å². The van der Waals surface area contributed by atoms with E-state index in [-0.39, 0.29) is 0 Å². The molecule has 0 atom stereocenters. The van der Waals surface area contributed by atoms with Crippen LogP contribution in [-0.4, -0.2) is 18.8 Å². The van der Waals surface area contributed by atoms with Crippen LogP contribution in [-0.2, 0) is 11.3 Å². The topological polar surface area (TPSA) is 59.6 Å². The van der Waals surface area contributed by atoms with Gasteiger partial charge in [0.2, 0.25) is 0 Å². The Hall–Kier alpha value is -2.21. The highest BCUT2D eigenvalue weighted by Gasteiger charge is 2.17. The van der Waals surface area contributed by atoms with Crippen molar-refractivity contribution >= 4 is 28.8 Å². The van der Waals surface area contributed by atoms with Crippen LogP contribution in [0, 0.1) is 0 Å². The molecule has 0 aliphatic carbocycles. The van der Waals surface area contributed by atoms with Crippen molar-refractivity contribution in [1.82, 2.24) is 0 Å². The maximum atomic E-state index is 11.9. The number of carbonyl (C=O) groups is 1. The van der Waals surface area contributed by atoms with Crippen LogP contribution in [0.1, 0.15) is 26.3 Å². The molecule has 0 radical (unpaired) electrons. The Balaban J connectivity index is 2.07. The van der Waals surface area contributed by atoms with Gasteiger partial charge in [-0.15, -0.1) is 0 Å². The van der Waals surface area contributed by atoms with Crippen molar-refractivity contribution in [2.45, 2.75) is 32.9 Å². The third kappa shape index (κ3) is 5.49. The molecule has 0 spiro atoms. The first-order valence-electron chi connectivity index (χ1n) is 7.30. The van der Waals surface area contributed by atoms with Crippen LogP contribution in [0.3, 0.4) is 0 Å². The zero-order valence-electron chi connectivity index (χ0n) is 13.8. The highest BCUT2D eigenvalue weighted by Crippen LogP contribution is 2.28. The van der Waals surface area contributed by atoms with Crippen LogP contribution < -0.4 is 15.4 Å². The molecule has 0 unspecified atom stereocenters. The van der Waals surface area contributed by atoms with Crippen molar-refractivity contribution in [1.29, 1.82) is 0 Å². The number of benzene rings is 1. The highest BCUT2D eigenvalue weighted by molar-refractivity contribution is 7.07. The van der Waals surface area contributed by atoms with Crippen LogP contribution in [0.25, 0.3) is 0 Å². The Kier molecular flexibility index (Phi) is 5.50. The van der Waals surface area contributed by atoms with Crippen LogP contribution in [0.2, 0.25) is 0 Å². The second-order valence-corrected chi connectivity index (χ2v) is 6.81. The molecule has 1 aromatic heterocycles. The van der Waals surface area contributed by atoms with Gasteiger partial charge in [-0.25, -0.2) is 4.79 Å². The molecular weight excluding hydrogens is 312 g/mol. The number of hydrogen-bond donors (Lipinski definition) is 2. The van der Waals surface area contributed by atoms with E-state index in [1.54, 1.807) is 18.4 Å². The maximum Gasteiger partial charge on any atom is 0.412 e. The van der Waals surface area contributed by atoms with Crippen LogP contribution in [0.15, 0.2) is 35.0 Å². The molecule has 0 bridgehead atoms. The van der Waals surface area contributed by atoms with Gasteiger partial charge in [-0.2, -0.15) is 11.3 Å². The highest BCUT2D eigenvalue weighted by atomic mass is 32.1. The van der Waals surface area contributed by atoms with Crippen molar-refractivity contribution < 1.29 is 14.3 Å². The van der Waals surface area contributed by atoms with Crippen molar-refractivity contribution in [3.05, 3.63) is 40.6 Å². The molecular formula is C17H22N2O3S. The number of thiophene rings is 1. The summed E-state index contributed by atoms with van der Waals surface area (Å²) in [6, 6.07) is 7.62. The summed E-state index contributed by atoms with van der Waals surface area (Å²) in [5.41, 5.74) is 2.12. The molecule has 2 aromatic rings. The number of amides is 1. The lowest BCUT2D eigenvalue weighted by Gasteiger charge is -2.20. The third-order valence-corrected chi connectivity index (χ3v) is 3.64. The fraction of sp³-hybridized carbons (Fsp3) is 0.353. The average molecular weight is 334 g/mol. The largest absolute Gasteiger partial charge is 0.495 e. The summed E-state index contributed by atoms with van der Waals surface area (Å²) in [6.45, 7) is 6.19. The number of methoxy groups -OCH3 is 1. The van der Waals surface area contributed by atoms with Crippen LogP contribution >= 0.6 is 11.3 Å². The molecule has 5 nitrogen and oxygen atoms in total. The van der Waals surface area contributed by atoms with E-state index in [1.807, 2.05) is 44.4 Å². The molecule has 0 fully saturated rings. The Bertz CT molecular complexity index is 648. The lowest BCUT2D eigenvalue weighted by molar-refractivity contribution is 0.0635. The molecule has 6 heteroatoms. The van der Waals surface area contributed by atoms with Gasteiger partial charge in [-0.3, -0.25) is 5.32 Å². The van der Waals surface area contributed by atoms with Crippen molar-refractivity contribution in [3.8, 4) is 5.75 Å². The van der Waals surface area contributed by atoms with E-state index < -0.39 is 11.7 Å². The maximum absolute atomic E-state index is 11.9. The minimum Gasteiger partial charge on any atom is -0.495 e. The Morgan fingerprint density at radius 2 is 2.04 bits per heavy atom. The SMILES string of the molecule is COc1ccc(NCc2ccsc2)cc1NC(=O)OC(C)(C)C. The van der Waals surface area contributed by atoms with E-state index in [0.717, 1.165) is 12.2 Å². The first kappa shape index (κ1) is 17.1. The molecule has 0 saturated carbocycles. The fourth-order valence-electron chi connectivity index (χ4n) is 1.93. The predicted octanol–water partition coefficient (Wildman–Crippen LogP) is 4.72. The predicted molar refractivity (Wildman–Crippen MR) is 94.5 cm³/mol. The lowest BCUT2D eigenvalue weighted by atomic mass is 10.2.